The van der Waals surface area contributed by atoms with E-state index in [2.05, 4.69) is 0 Å². The Balaban J connectivity index is 2.44. The van der Waals surface area contributed by atoms with Gasteiger partial charge in [-0.25, -0.2) is 13.2 Å². The number of hydrogen-bond donors (Lipinski definition) is 0. The van der Waals surface area contributed by atoms with Crippen molar-refractivity contribution < 1.29 is 17.9 Å². The van der Waals surface area contributed by atoms with E-state index in [0.717, 1.165) is 18.2 Å². The number of aryl methyl sites for hydroxylation is 1. The lowest BCUT2D eigenvalue weighted by atomic mass is 10.2. The largest absolute Gasteiger partial charge is 0.451 e. The fraction of sp³-hybridized carbons (Fsp3) is 0.0714. The summed E-state index contributed by atoms with van der Waals surface area (Å²) in [6.45, 7) is 1.62. The van der Waals surface area contributed by atoms with Crippen LogP contribution in [0.1, 0.15) is 11.1 Å². The molecule has 0 saturated carbocycles. The molecule has 5 heteroatoms. The summed E-state index contributed by atoms with van der Waals surface area (Å²) in [6.07, 6.45) is 0. The SMILES string of the molecule is Cc1ccc(F)cc1Oc1c(F)cc(C#N)cc1F. The highest BCUT2D eigenvalue weighted by molar-refractivity contribution is 5.42. The molecule has 0 amide bonds. The van der Waals surface area contributed by atoms with Gasteiger partial charge < -0.3 is 4.74 Å². The van der Waals surface area contributed by atoms with Gasteiger partial charge in [-0.2, -0.15) is 5.26 Å². The maximum absolute atomic E-state index is 13.6. The molecule has 0 atom stereocenters. The topological polar surface area (TPSA) is 33.0 Å². The van der Waals surface area contributed by atoms with Gasteiger partial charge in [0.05, 0.1) is 11.6 Å². The van der Waals surface area contributed by atoms with E-state index in [9.17, 15) is 13.2 Å². The van der Waals surface area contributed by atoms with Crippen LogP contribution in [0.2, 0.25) is 0 Å². The zero-order chi connectivity index (χ0) is 14.0. The van der Waals surface area contributed by atoms with Crippen molar-refractivity contribution in [1.82, 2.24) is 0 Å². The number of hydrogen-bond acceptors (Lipinski definition) is 2. The molecule has 19 heavy (non-hydrogen) atoms. The van der Waals surface area contributed by atoms with Crippen molar-refractivity contribution in [2.75, 3.05) is 0 Å². The summed E-state index contributed by atoms with van der Waals surface area (Å²) in [4.78, 5) is 0. The van der Waals surface area contributed by atoms with Crippen LogP contribution in [0, 0.1) is 35.7 Å². The van der Waals surface area contributed by atoms with E-state index in [1.165, 1.54) is 12.1 Å². The molecule has 0 aliphatic rings. The highest BCUT2D eigenvalue weighted by Crippen LogP contribution is 2.30. The molecule has 0 aliphatic carbocycles. The Hall–Kier alpha value is -2.48. The Morgan fingerprint density at radius 1 is 1.05 bits per heavy atom. The number of ether oxygens (including phenoxy) is 1. The van der Waals surface area contributed by atoms with Crippen molar-refractivity contribution >= 4 is 0 Å². The molecule has 0 radical (unpaired) electrons. The van der Waals surface area contributed by atoms with Crippen LogP contribution in [0.5, 0.6) is 11.5 Å². The van der Waals surface area contributed by atoms with Crippen molar-refractivity contribution in [3.05, 3.63) is 58.9 Å². The highest BCUT2D eigenvalue weighted by Gasteiger charge is 2.15. The van der Waals surface area contributed by atoms with Crippen LogP contribution in [0.25, 0.3) is 0 Å². The van der Waals surface area contributed by atoms with E-state index >= 15 is 0 Å². The molecular weight excluding hydrogens is 255 g/mol. The third kappa shape index (κ3) is 2.68. The van der Waals surface area contributed by atoms with Gasteiger partial charge in [-0.3, -0.25) is 0 Å². The molecule has 2 nitrogen and oxygen atoms in total. The number of nitrogens with zero attached hydrogens (tertiary/aromatic N) is 1. The summed E-state index contributed by atoms with van der Waals surface area (Å²) in [6, 6.07) is 7.02. The lowest BCUT2D eigenvalue weighted by Crippen LogP contribution is -1.96. The van der Waals surface area contributed by atoms with Crippen molar-refractivity contribution in [3.8, 4) is 17.6 Å². The standard InChI is InChI=1S/C14H8F3NO/c1-8-2-3-10(15)6-13(8)19-14-11(16)4-9(7-18)5-12(14)17/h2-6H,1H3. The Labute approximate surface area is 107 Å². The molecule has 0 spiro atoms. The summed E-state index contributed by atoms with van der Waals surface area (Å²) >= 11 is 0. The second-order valence-corrected chi connectivity index (χ2v) is 3.89. The van der Waals surface area contributed by atoms with Gasteiger partial charge in [0.1, 0.15) is 11.6 Å². The van der Waals surface area contributed by atoms with Crippen LogP contribution in [-0.2, 0) is 0 Å². The molecule has 0 saturated heterocycles. The molecule has 0 bridgehead atoms. The van der Waals surface area contributed by atoms with E-state index in [1.54, 1.807) is 13.0 Å². The lowest BCUT2D eigenvalue weighted by molar-refractivity contribution is 0.403. The predicted octanol–water partition coefficient (Wildman–Crippen LogP) is 4.08. The van der Waals surface area contributed by atoms with E-state index in [4.69, 9.17) is 10.00 Å². The van der Waals surface area contributed by atoms with Crippen LogP contribution >= 0.6 is 0 Å². The molecule has 0 aromatic heterocycles. The second-order valence-electron chi connectivity index (χ2n) is 3.89. The minimum Gasteiger partial charge on any atom is -0.451 e. The van der Waals surface area contributed by atoms with Gasteiger partial charge in [0.2, 0.25) is 0 Å². The molecule has 2 aromatic carbocycles. The minimum atomic E-state index is -1.01. The zero-order valence-electron chi connectivity index (χ0n) is 9.88. The van der Waals surface area contributed by atoms with Gasteiger partial charge in [-0.15, -0.1) is 0 Å². The van der Waals surface area contributed by atoms with Crippen LogP contribution in [0.4, 0.5) is 13.2 Å². The first kappa shape index (κ1) is 13.0. The predicted molar refractivity (Wildman–Crippen MR) is 62.3 cm³/mol. The number of nitriles is 1. The van der Waals surface area contributed by atoms with Crippen molar-refractivity contribution in [3.63, 3.8) is 0 Å². The van der Waals surface area contributed by atoms with Crippen molar-refractivity contribution in [1.29, 1.82) is 5.26 Å². The molecule has 2 rings (SSSR count). The molecular formula is C14H8F3NO. The van der Waals surface area contributed by atoms with Crippen LogP contribution < -0.4 is 4.74 Å². The minimum absolute atomic E-state index is 0.0162. The summed E-state index contributed by atoms with van der Waals surface area (Å²) in [5.74, 6) is -3.24. The third-order valence-electron chi connectivity index (χ3n) is 2.49. The zero-order valence-corrected chi connectivity index (χ0v) is 9.88. The lowest BCUT2D eigenvalue weighted by Gasteiger charge is -2.10. The summed E-state index contributed by atoms with van der Waals surface area (Å²) in [7, 11) is 0. The molecule has 0 aliphatic heterocycles. The Bertz CT molecular complexity index is 654. The van der Waals surface area contributed by atoms with Crippen LogP contribution in [0.3, 0.4) is 0 Å². The van der Waals surface area contributed by atoms with Crippen LogP contribution in [-0.4, -0.2) is 0 Å². The molecule has 0 fully saturated rings. The van der Waals surface area contributed by atoms with Crippen molar-refractivity contribution in [2.45, 2.75) is 6.92 Å². The van der Waals surface area contributed by atoms with Crippen LogP contribution in [0.15, 0.2) is 30.3 Å². The highest BCUT2D eigenvalue weighted by atomic mass is 19.1. The van der Waals surface area contributed by atoms with E-state index in [0.29, 0.717) is 5.56 Å². The van der Waals surface area contributed by atoms with Crippen molar-refractivity contribution in [2.24, 2.45) is 0 Å². The number of rotatable bonds is 2. The van der Waals surface area contributed by atoms with E-state index in [-0.39, 0.29) is 11.3 Å². The summed E-state index contributed by atoms with van der Waals surface area (Å²) < 4.78 is 45.3. The first-order valence-electron chi connectivity index (χ1n) is 5.34. The average Bonchev–Trinajstić information content (AvgIpc) is 2.37. The third-order valence-corrected chi connectivity index (χ3v) is 2.49. The fourth-order valence-electron chi connectivity index (χ4n) is 1.52. The monoisotopic (exact) mass is 263 g/mol. The first-order valence-corrected chi connectivity index (χ1v) is 5.34. The summed E-state index contributed by atoms with van der Waals surface area (Å²) in [5, 5.41) is 8.57. The van der Waals surface area contributed by atoms with Gasteiger partial charge in [0.25, 0.3) is 0 Å². The molecule has 2 aromatic rings. The van der Waals surface area contributed by atoms with Gasteiger partial charge in [-0.1, -0.05) is 6.07 Å². The van der Waals surface area contributed by atoms with Gasteiger partial charge in [0.15, 0.2) is 17.4 Å². The second kappa shape index (κ2) is 5.02. The summed E-state index contributed by atoms with van der Waals surface area (Å²) in [5.41, 5.74) is 0.378. The molecule has 0 heterocycles. The van der Waals surface area contributed by atoms with Gasteiger partial charge in [0, 0.05) is 6.07 Å². The maximum atomic E-state index is 13.6. The fourth-order valence-corrected chi connectivity index (χ4v) is 1.52. The Morgan fingerprint density at radius 2 is 1.68 bits per heavy atom. The first-order chi connectivity index (χ1) is 9.01. The maximum Gasteiger partial charge on any atom is 0.198 e. The van der Waals surface area contributed by atoms with E-state index < -0.39 is 23.2 Å². The molecule has 96 valence electrons. The van der Waals surface area contributed by atoms with E-state index in [1.807, 2.05) is 0 Å². The molecule has 0 unspecified atom stereocenters. The smallest absolute Gasteiger partial charge is 0.198 e. The van der Waals surface area contributed by atoms with Gasteiger partial charge in [-0.05, 0) is 30.7 Å². The average molecular weight is 263 g/mol. The number of benzene rings is 2. The number of halogens is 3. The Morgan fingerprint density at radius 3 is 2.26 bits per heavy atom. The normalized spacial score (nSPS) is 10.1. The Kier molecular flexibility index (Phi) is 3.43. The van der Waals surface area contributed by atoms with Gasteiger partial charge >= 0.3 is 0 Å². The quantitative estimate of drug-likeness (QED) is 0.818. The molecule has 0 N–H and O–H groups in total.